The summed E-state index contributed by atoms with van der Waals surface area (Å²) < 4.78 is 0. The van der Waals surface area contributed by atoms with Gasteiger partial charge in [0.25, 0.3) is 0 Å². The maximum absolute atomic E-state index is 4.48. The lowest BCUT2D eigenvalue weighted by atomic mass is 10.3. The molecule has 1 aromatic heterocycles. The van der Waals surface area contributed by atoms with E-state index in [9.17, 15) is 0 Å². The van der Waals surface area contributed by atoms with Gasteiger partial charge in [0.2, 0.25) is 0 Å². The van der Waals surface area contributed by atoms with Crippen LogP contribution in [0.4, 0.5) is 0 Å². The average Bonchev–Trinajstić information content (AvgIpc) is 2.49. The minimum absolute atomic E-state index is 0.813. The first-order valence-corrected chi connectivity index (χ1v) is 4.45. The molecule has 1 N–H and O–H groups in total. The highest BCUT2D eigenvalue weighted by atomic mass is 15.1. The maximum atomic E-state index is 4.48. The molecule has 13 heavy (non-hydrogen) atoms. The molecule has 0 saturated heterocycles. The standard InChI is InChI=1S/C9H14N4/c1-13(2)6-9-11-4-7-3-10-5-8(7)12-9/h4,10H,3,5-6H2,1-2H3. The van der Waals surface area contributed by atoms with Crippen molar-refractivity contribution in [2.45, 2.75) is 19.6 Å². The van der Waals surface area contributed by atoms with Crippen molar-refractivity contribution in [1.29, 1.82) is 0 Å². The average molecular weight is 178 g/mol. The van der Waals surface area contributed by atoms with Crippen LogP contribution >= 0.6 is 0 Å². The van der Waals surface area contributed by atoms with E-state index in [0.29, 0.717) is 0 Å². The largest absolute Gasteiger partial charge is 0.307 e. The third-order valence-electron chi connectivity index (χ3n) is 2.07. The molecule has 0 saturated carbocycles. The minimum atomic E-state index is 0.813. The molecule has 1 aliphatic rings. The van der Waals surface area contributed by atoms with Crippen LogP contribution in [0, 0.1) is 0 Å². The Kier molecular flexibility index (Phi) is 2.24. The summed E-state index contributed by atoms with van der Waals surface area (Å²) >= 11 is 0. The van der Waals surface area contributed by atoms with E-state index in [1.54, 1.807) is 0 Å². The van der Waals surface area contributed by atoms with E-state index >= 15 is 0 Å². The van der Waals surface area contributed by atoms with E-state index in [0.717, 1.165) is 31.2 Å². The van der Waals surface area contributed by atoms with Gasteiger partial charge >= 0.3 is 0 Å². The molecule has 0 spiro atoms. The second-order valence-corrected chi connectivity index (χ2v) is 3.60. The summed E-state index contributed by atoms with van der Waals surface area (Å²) in [4.78, 5) is 10.8. The summed E-state index contributed by atoms with van der Waals surface area (Å²) in [5.41, 5.74) is 2.40. The summed E-state index contributed by atoms with van der Waals surface area (Å²) in [6.07, 6.45) is 1.93. The fourth-order valence-electron chi connectivity index (χ4n) is 1.46. The fraction of sp³-hybridized carbons (Fsp3) is 0.556. The van der Waals surface area contributed by atoms with Gasteiger partial charge in [-0.3, -0.25) is 0 Å². The Morgan fingerprint density at radius 1 is 1.46 bits per heavy atom. The molecular formula is C9H14N4. The van der Waals surface area contributed by atoms with Gasteiger partial charge in [-0.1, -0.05) is 0 Å². The zero-order valence-corrected chi connectivity index (χ0v) is 8.04. The highest BCUT2D eigenvalue weighted by Gasteiger charge is 2.12. The molecule has 0 unspecified atom stereocenters. The van der Waals surface area contributed by atoms with Crippen molar-refractivity contribution in [2.75, 3.05) is 14.1 Å². The maximum Gasteiger partial charge on any atom is 0.142 e. The minimum Gasteiger partial charge on any atom is -0.307 e. The lowest BCUT2D eigenvalue weighted by molar-refractivity contribution is 0.389. The van der Waals surface area contributed by atoms with Crippen LogP contribution in [-0.4, -0.2) is 29.0 Å². The number of hydrogen-bond acceptors (Lipinski definition) is 4. The molecule has 0 radical (unpaired) electrons. The summed E-state index contributed by atoms with van der Waals surface area (Å²) in [7, 11) is 4.05. The Bertz CT molecular complexity index is 308. The van der Waals surface area contributed by atoms with Gasteiger partial charge in [0.05, 0.1) is 12.2 Å². The van der Waals surface area contributed by atoms with E-state index in [1.807, 2.05) is 20.3 Å². The highest BCUT2D eigenvalue weighted by molar-refractivity contribution is 5.21. The second kappa shape index (κ2) is 3.40. The first kappa shape index (κ1) is 8.59. The monoisotopic (exact) mass is 178 g/mol. The van der Waals surface area contributed by atoms with Crippen LogP contribution in [0.2, 0.25) is 0 Å². The van der Waals surface area contributed by atoms with Gasteiger partial charge in [0, 0.05) is 24.8 Å². The van der Waals surface area contributed by atoms with Crippen molar-refractivity contribution in [3.8, 4) is 0 Å². The Balaban J connectivity index is 2.21. The smallest absolute Gasteiger partial charge is 0.142 e. The van der Waals surface area contributed by atoms with Crippen molar-refractivity contribution in [1.82, 2.24) is 20.2 Å². The molecule has 0 bridgehead atoms. The topological polar surface area (TPSA) is 41.1 Å². The van der Waals surface area contributed by atoms with Crippen LogP contribution in [0.25, 0.3) is 0 Å². The van der Waals surface area contributed by atoms with Gasteiger partial charge in [-0.15, -0.1) is 0 Å². The molecule has 1 aromatic rings. The van der Waals surface area contributed by atoms with E-state index in [1.165, 1.54) is 5.56 Å². The molecular weight excluding hydrogens is 164 g/mol. The van der Waals surface area contributed by atoms with Crippen molar-refractivity contribution in [3.05, 3.63) is 23.3 Å². The molecule has 0 fully saturated rings. The van der Waals surface area contributed by atoms with Crippen molar-refractivity contribution in [3.63, 3.8) is 0 Å². The number of fused-ring (bicyclic) bond motifs is 1. The quantitative estimate of drug-likeness (QED) is 0.699. The van der Waals surface area contributed by atoms with E-state index < -0.39 is 0 Å². The number of nitrogens with one attached hydrogen (secondary N) is 1. The third kappa shape index (κ3) is 1.84. The van der Waals surface area contributed by atoms with Crippen LogP contribution < -0.4 is 5.32 Å². The Morgan fingerprint density at radius 2 is 2.31 bits per heavy atom. The lowest BCUT2D eigenvalue weighted by Crippen LogP contribution is -2.14. The van der Waals surface area contributed by atoms with E-state index in [4.69, 9.17) is 0 Å². The Hall–Kier alpha value is -1.00. The molecule has 0 aliphatic carbocycles. The second-order valence-electron chi connectivity index (χ2n) is 3.60. The number of hydrogen-bond donors (Lipinski definition) is 1. The highest BCUT2D eigenvalue weighted by Crippen LogP contribution is 2.11. The molecule has 0 atom stereocenters. The zero-order chi connectivity index (χ0) is 9.26. The summed E-state index contributed by atoms with van der Waals surface area (Å²) in [5, 5.41) is 3.25. The molecule has 2 heterocycles. The van der Waals surface area contributed by atoms with E-state index in [-0.39, 0.29) is 0 Å². The number of rotatable bonds is 2. The molecule has 4 nitrogen and oxygen atoms in total. The molecule has 1 aliphatic heterocycles. The molecule has 0 aromatic carbocycles. The normalized spacial score (nSPS) is 15.0. The van der Waals surface area contributed by atoms with Gasteiger partial charge in [0.1, 0.15) is 5.82 Å². The summed E-state index contributed by atoms with van der Waals surface area (Å²) in [6, 6.07) is 0. The van der Waals surface area contributed by atoms with Crippen LogP contribution in [0.15, 0.2) is 6.20 Å². The molecule has 0 amide bonds. The van der Waals surface area contributed by atoms with Crippen molar-refractivity contribution in [2.24, 2.45) is 0 Å². The first-order valence-electron chi connectivity index (χ1n) is 4.45. The summed E-state index contributed by atoms with van der Waals surface area (Å²) in [5.74, 6) is 0.910. The van der Waals surface area contributed by atoms with Crippen LogP contribution in [-0.2, 0) is 19.6 Å². The van der Waals surface area contributed by atoms with Gasteiger partial charge in [0.15, 0.2) is 0 Å². The van der Waals surface area contributed by atoms with Crippen molar-refractivity contribution >= 4 is 0 Å². The summed E-state index contributed by atoms with van der Waals surface area (Å²) in [6.45, 7) is 2.61. The van der Waals surface area contributed by atoms with Gasteiger partial charge in [-0.25, -0.2) is 9.97 Å². The van der Waals surface area contributed by atoms with Gasteiger partial charge in [-0.2, -0.15) is 0 Å². The fourth-order valence-corrected chi connectivity index (χ4v) is 1.46. The molecule has 70 valence electrons. The molecule has 4 heteroatoms. The van der Waals surface area contributed by atoms with Crippen LogP contribution in [0.5, 0.6) is 0 Å². The zero-order valence-electron chi connectivity index (χ0n) is 8.04. The van der Waals surface area contributed by atoms with E-state index in [2.05, 4.69) is 20.2 Å². The van der Waals surface area contributed by atoms with Gasteiger partial charge < -0.3 is 10.2 Å². The van der Waals surface area contributed by atoms with Crippen LogP contribution in [0.3, 0.4) is 0 Å². The third-order valence-corrected chi connectivity index (χ3v) is 2.07. The number of nitrogens with zero attached hydrogens (tertiary/aromatic N) is 3. The first-order chi connectivity index (χ1) is 6.25. The Labute approximate surface area is 78.0 Å². The predicted octanol–water partition coefficient (Wildman–Crippen LogP) is 0.141. The van der Waals surface area contributed by atoms with Gasteiger partial charge in [-0.05, 0) is 14.1 Å². The van der Waals surface area contributed by atoms with Crippen LogP contribution in [0.1, 0.15) is 17.1 Å². The molecule has 2 rings (SSSR count). The predicted molar refractivity (Wildman–Crippen MR) is 50.0 cm³/mol. The SMILES string of the molecule is CN(C)Cc1ncc2c(n1)CNC2. The van der Waals surface area contributed by atoms with Crippen molar-refractivity contribution < 1.29 is 0 Å². The lowest BCUT2D eigenvalue weighted by Gasteiger charge is -2.08. The Morgan fingerprint density at radius 3 is 3.08 bits per heavy atom. The number of aromatic nitrogens is 2.